The highest BCUT2D eigenvalue weighted by Gasteiger charge is 2.07. The zero-order valence-electron chi connectivity index (χ0n) is 10.4. The summed E-state index contributed by atoms with van der Waals surface area (Å²) in [4.78, 5) is 12.8. The van der Waals surface area contributed by atoms with Crippen molar-refractivity contribution in [2.45, 2.75) is 6.54 Å². The molecule has 0 aliphatic carbocycles. The summed E-state index contributed by atoms with van der Waals surface area (Å²) in [6.07, 6.45) is 0.839. The summed E-state index contributed by atoms with van der Waals surface area (Å²) in [6.45, 7) is 0.750. The van der Waals surface area contributed by atoms with E-state index in [9.17, 15) is 4.79 Å². The summed E-state index contributed by atoms with van der Waals surface area (Å²) in [5, 5.41) is 0.737. The van der Waals surface area contributed by atoms with Gasteiger partial charge in [0.05, 0.1) is 5.69 Å². The van der Waals surface area contributed by atoms with Crippen LogP contribution in [0.2, 0.25) is 5.02 Å². The lowest BCUT2D eigenvalue weighted by Gasteiger charge is -2.21. The molecule has 4 heteroatoms. The molecule has 19 heavy (non-hydrogen) atoms. The van der Waals surface area contributed by atoms with Crippen LogP contribution in [-0.2, 0) is 6.54 Å². The molecule has 0 saturated heterocycles. The van der Waals surface area contributed by atoms with E-state index in [-0.39, 0.29) is 0 Å². The Kier molecular flexibility index (Phi) is 4.61. The Hall–Kier alpha value is -1.32. The molecule has 0 heterocycles. The monoisotopic (exact) mass is 337 g/mol. The molecule has 2 rings (SSSR count). The maximum atomic E-state index is 10.7. The molecular formula is C15H13BrClNO. The second-order valence-corrected chi connectivity index (χ2v) is 5.61. The summed E-state index contributed by atoms with van der Waals surface area (Å²) >= 11 is 9.47. The van der Waals surface area contributed by atoms with Crippen LogP contribution in [0.3, 0.4) is 0 Å². The van der Waals surface area contributed by atoms with Gasteiger partial charge in [0, 0.05) is 28.7 Å². The smallest absolute Gasteiger partial charge is 0.150 e. The number of carbonyl (C=O) groups is 1. The average molecular weight is 339 g/mol. The molecule has 0 unspecified atom stereocenters. The largest absolute Gasteiger partial charge is 0.369 e. The van der Waals surface area contributed by atoms with Crippen LogP contribution in [0.5, 0.6) is 0 Å². The molecule has 0 N–H and O–H groups in total. The fraction of sp³-hybridized carbons (Fsp3) is 0.133. The number of benzene rings is 2. The highest BCUT2D eigenvalue weighted by Crippen LogP contribution is 2.27. The van der Waals surface area contributed by atoms with Crippen LogP contribution in [0, 0.1) is 0 Å². The van der Waals surface area contributed by atoms with Gasteiger partial charge in [-0.15, -0.1) is 0 Å². The number of hydrogen-bond donors (Lipinski definition) is 0. The molecule has 0 aliphatic heterocycles. The Bertz CT molecular complexity index is 600. The van der Waals surface area contributed by atoms with Crippen LogP contribution >= 0.6 is 27.5 Å². The molecule has 2 nitrogen and oxygen atoms in total. The number of nitrogens with zero attached hydrogens (tertiary/aromatic N) is 1. The Morgan fingerprint density at radius 1 is 1.26 bits per heavy atom. The van der Waals surface area contributed by atoms with Crippen LogP contribution in [0.4, 0.5) is 5.69 Å². The first kappa shape index (κ1) is 14.1. The van der Waals surface area contributed by atoms with E-state index in [1.54, 1.807) is 0 Å². The third-order valence-electron chi connectivity index (χ3n) is 2.83. The van der Waals surface area contributed by atoms with Crippen LogP contribution in [0.1, 0.15) is 15.9 Å². The molecule has 0 bridgehead atoms. The molecule has 98 valence electrons. The van der Waals surface area contributed by atoms with E-state index in [0.29, 0.717) is 5.56 Å². The van der Waals surface area contributed by atoms with Crippen LogP contribution in [0.15, 0.2) is 46.9 Å². The van der Waals surface area contributed by atoms with Crippen molar-refractivity contribution in [1.82, 2.24) is 0 Å². The minimum absolute atomic E-state index is 0.659. The first-order valence-electron chi connectivity index (χ1n) is 5.80. The lowest BCUT2D eigenvalue weighted by atomic mass is 10.2. The molecule has 2 aromatic rings. The maximum Gasteiger partial charge on any atom is 0.150 e. The molecule has 0 atom stereocenters. The molecule has 0 spiro atoms. The second kappa shape index (κ2) is 6.22. The minimum atomic E-state index is 0.659. The first-order valence-corrected chi connectivity index (χ1v) is 6.97. The zero-order valence-corrected chi connectivity index (χ0v) is 12.8. The van der Waals surface area contributed by atoms with Gasteiger partial charge in [0.2, 0.25) is 0 Å². The van der Waals surface area contributed by atoms with Crippen molar-refractivity contribution < 1.29 is 4.79 Å². The first-order chi connectivity index (χ1) is 9.10. The van der Waals surface area contributed by atoms with E-state index in [1.165, 1.54) is 0 Å². The second-order valence-electron chi connectivity index (χ2n) is 4.31. The highest BCUT2D eigenvalue weighted by atomic mass is 79.9. The molecule has 0 amide bonds. The summed E-state index contributed by atoms with van der Waals surface area (Å²) in [7, 11) is 2.00. The van der Waals surface area contributed by atoms with Crippen molar-refractivity contribution in [3.8, 4) is 0 Å². The van der Waals surface area contributed by atoms with Gasteiger partial charge in [-0.25, -0.2) is 0 Å². The fourth-order valence-corrected chi connectivity index (χ4v) is 2.81. The van der Waals surface area contributed by atoms with Gasteiger partial charge in [-0.2, -0.15) is 0 Å². The third-order valence-corrected chi connectivity index (χ3v) is 3.70. The predicted octanol–water partition coefficient (Wildman–Crippen LogP) is 4.55. The van der Waals surface area contributed by atoms with Gasteiger partial charge < -0.3 is 4.90 Å². The zero-order chi connectivity index (χ0) is 13.8. The lowest BCUT2D eigenvalue weighted by molar-refractivity contribution is 0.112. The topological polar surface area (TPSA) is 20.3 Å². The van der Waals surface area contributed by atoms with Crippen LogP contribution in [-0.4, -0.2) is 13.3 Å². The Labute approximate surface area is 126 Å². The quantitative estimate of drug-likeness (QED) is 0.762. The van der Waals surface area contributed by atoms with E-state index in [1.807, 2.05) is 49.5 Å². The van der Waals surface area contributed by atoms with Gasteiger partial charge >= 0.3 is 0 Å². The maximum absolute atomic E-state index is 10.7. The summed E-state index contributed by atoms with van der Waals surface area (Å²) < 4.78 is 0.904. The van der Waals surface area contributed by atoms with Gasteiger partial charge in [-0.3, -0.25) is 4.79 Å². The highest BCUT2D eigenvalue weighted by molar-refractivity contribution is 9.10. The van der Waals surface area contributed by atoms with Crippen LogP contribution in [0.25, 0.3) is 0 Å². The Morgan fingerprint density at radius 2 is 2.05 bits per heavy atom. The van der Waals surface area contributed by atoms with Crippen molar-refractivity contribution >= 4 is 39.5 Å². The Morgan fingerprint density at radius 3 is 2.68 bits per heavy atom. The average Bonchev–Trinajstić information content (AvgIpc) is 2.38. The van der Waals surface area contributed by atoms with Crippen molar-refractivity contribution in [3.05, 3.63) is 63.1 Å². The minimum Gasteiger partial charge on any atom is -0.369 e. The van der Waals surface area contributed by atoms with Gasteiger partial charge in [0.15, 0.2) is 0 Å². The lowest BCUT2D eigenvalue weighted by Crippen LogP contribution is -2.16. The number of carbonyl (C=O) groups excluding carboxylic acids is 1. The van der Waals surface area contributed by atoms with Crippen molar-refractivity contribution in [2.75, 3.05) is 11.9 Å². The SMILES string of the molecule is CN(Cc1cccc(Cl)c1)c1ccc(C=O)cc1Br. The van der Waals surface area contributed by atoms with E-state index in [0.717, 1.165) is 33.6 Å². The molecular weight excluding hydrogens is 326 g/mol. The molecule has 0 saturated carbocycles. The van der Waals surface area contributed by atoms with Crippen LogP contribution < -0.4 is 4.90 Å². The number of anilines is 1. The van der Waals surface area contributed by atoms with E-state index < -0.39 is 0 Å². The summed E-state index contributed by atoms with van der Waals surface area (Å²) in [6, 6.07) is 13.3. The van der Waals surface area contributed by atoms with Crippen molar-refractivity contribution in [2.24, 2.45) is 0 Å². The van der Waals surface area contributed by atoms with Gasteiger partial charge in [-0.05, 0) is 51.8 Å². The fourth-order valence-electron chi connectivity index (χ4n) is 1.90. The van der Waals surface area contributed by atoms with E-state index in [2.05, 4.69) is 20.8 Å². The van der Waals surface area contributed by atoms with Gasteiger partial charge in [0.25, 0.3) is 0 Å². The van der Waals surface area contributed by atoms with Gasteiger partial charge in [0.1, 0.15) is 6.29 Å². The van der Waals surface area contributed by atoms with Crippen molar-refractivity contribution in [1.29, 1.82) is 0 Å². The molecule has 2 aromatic carbocycles. The normalized spacial score (nSPS) is 10.3. The molecule has 0 fully saturated rings. The molecule has 0 aliphatic rings. The van der Waals surface area contributed by atoms with Crippen molar-refractivity contribution in [3.63, 3.8) is 0 Å². The number of rotatable bonds is 4. The standard InChI is InChI=1S/C15H13BrClNO/c1-18(9-11-3-2-4-13(17)7-11)15-6-5-12(10-19)8-14(15)16/h2-8,10H,9H2,1H3. The predicted molar refractivity (Wildman–Crippen MR) is 83.1 cm³/mol. The number of hydrogen-bond acceptors (Lipinski definition) is 2. The number of aldehydes is 1. The van der Waals surface area contributed by atoms with Gasteiger partial charge in [-0.1, -0.05) is 23.7 Å². The number of halogens is 2. The Balaban J connectivity index is 2.20. The van der Waals surface area contributed by atoms with E-state index in [4.69, 9.17) is 11.6 Å². The van der Waals surface area contributed by atoms with E-state index >= 15 is 0 Å². The molecule has 0 aromatic heterocycles. The summed E-state index contributed by atoms with van der Waals surface area (Å²) in [5.74, 6) is 0. The molecule has 0 radical (unpaired) electrons. The summed E-state index contributed by atoms with van der Waals surface area (Å²) in [5.41, 5.74) is 2.83. The third kappa shape index (κ3) is 3.58.